The van der Waals surface area contributed by atoms with E-state index in [0.29, 0.717) is 49.0 Å². The summed E-state index contributed by atoms with van der Waals surface area (Å²) in [6.07, 6.45) is 2.02. The number of carbonyl (C=O) groups is 2. The number of hydrogen-bond acceptors (Lipinski definition) is 6. The zero-order valence-corrected chi connectivity index (χ0v) is 16.8. The van der Waals surface area contributed by atoms with Crippen LogP contribution in [0, 0.1) is 0 Å². The summed E-state index contributed by atoms with van der Waals surface area (Å²) < 4.78 is 5.12. The molecule has 1 amide bonds. The molecule has 0 saturated heterocycles. The Morgan fingerprint density at radius 3 is 2.93 bits per heavy atom. The summed E-state index contributed by atoms with van der Waals surface area (Å²) in [5.74, 6) is -0.203. The van der Waals surface area contributed by atoms with Crippen LogP contribution in [-0.4, -0.2) is 48.4 Å². The number of amides is 1. The number of benzene rings is 1. The quantitative estimate of drug-likeness (QED) is 0.701. The molecule has 0 atom stereocenters. The van der Waals surface area contributed by atoms with Gasteiger partial charge in [0, 0.05) is 28.8 Å². The van der Waals surface area contributed by atoms with E-state index in [1.807, 2.05) is 0 Å². The molecule has 1 aromatic heterocycles. The molecule has 0 radical (unpaired) electrons. The summed E-state index contributed by atoms with van der Waals surface area (Å²) in [6, 6.07) is 6.98. The van der Waals surface area contributed by atoms with Crippen LogP contribution in [0.25, 0.3) is 0 Å². The van der Waals surface area contributed by atoms with E-state index in [0.717, 1.165) is 21.0 Å². The first kappa shape index (κ1) is 18.8. The smallest absolute Gasteiger partial charge is 0.410 e. The largest absolute Gasteiger partial charge is 0.450 e. The van der Waals surface area contributed by atoms with Crippen molar-refractivity contribution in [3.05, 3.63) is 50.9 Å². The fourth-order valence-corrected chi connectivity index (χ4v) is 4.84. The Bertz CT molecular complexity index is 1010. The van der Waals surface area contributed by atoms with Crippen molar-refractivity contribution in [1.29, 1.82) is 0 Å². The number of ketones is 1. The molecule has 2 aromatic rings. The number of aliphatic imine (C=N–C) groups is 2. The van der Waals surface area contributed by atoms with Crippen LogP contribution < -0.4 is 0 Å². The van der Waals surface area contributed by atoms with Gasteiger partial charge in [-0.15, -0.1) is 11.3 Å². The van der Waals surface area contributed by atoms with Crippen LogP contribution in [0.15, 0.2) is 34.3 Å². The Morgan fingerprint density at radius 1 is 1.32 bits per heavy atom. The van der Waals surface area contributed by atoms with Crippen molar-refractivity contribution in [2.75, 3.05) is 19.7 Å². The SMILES string of the molecule is CCOC(=O)N1CCc2c(sc3c2C(C(=O)c2ccccc2Cl)=NCC=N3)C1. The van der Waals surface area contributed by atoms with Crippen molar-refractivity contribution in [2.45, 2.75) is 19.9 Å². The van der Waals surface area contributed by atoms with Crippen molar-refractivity contribution in [2.24, 2.45) is 9.98 Å². The molecular formula is C20H18ClN3O3S. The number of fused-ring (bicyclic) bond motifs is 3. The number of rotatable bonds is 3. The normalized spacial score (nSPS) is 15.4. The van der Waals surface area contributed by atoms with E-state index in [4.69, 9.17) is 16.3 Å². The van der Waals surface area contributed by atoms with Gasteiger partial charge in [0.1, 0.15) is 10.7 Å². The minimum absolute atomic E-state index is 0.203. The molecule has 0 fully saturated rings. The van der Waals surface area contributed by atoms with Gasteiger partial charge in [-0.3, -0.25) is 9.79 Å². The summed E-state index contributed by atoms with van der Waals surface area (Å²) in [4.78, 5) is 37.0. The molecule has 3 heterocycles. The maximum absolute atomic E-state index is 13.2. The van der Waals surface area contributed by atoms with E-state index in [2.05, 4.69) is 9.98 Å². The van der Waals surface area contributed by atoms with Gasteiger partial charge >= 0.3 is 6.09 Å². The number of ether oxygens (including phenoxy) is 1. The molecule has 0 aliphatic carbocycles. The number of carbonyl (C=O) groups excluding carboxylic acids is 2. The highest BCUT2D eigenvalue weighted by atomic mass is 35.5. The minimum atomic E-state index is -0.318. The van der Waals surface area contributed by atoms with Crippen molar-refractivity contribution in [1.82, 2.24) is 4.90 Å². The molecule has 6 nitrogen and oxygen atoms in total. The molecule has 2 aliphatic heterocycles. The maximum atomic E-state index is 13.2. The highest BCUT2D eigenvalue weighted by Gasteiger charge is 2.32. The Kier molecular flexibility index (Phi) is 5.28. The number of nitrogens with zero attached hydrogens (tertiary/aromatic N) is 3. The summed E-state index contributed by atoms with van der Waals surface area (Å²) in [5.41, 5.74) is 2.64. The third-order valence-corrected chi connectivity index (χ3v) is 6.13. The van der Waals surface area contributed by atoms with Crippen LogP contribution in [0.5, 0.6) is 0 Å². The number of hydrogen-bond donors (Lipinski definition) is 0. The number of Topliss-reactive ketones (excluding diaryl/α,β-unsaturated/α-hetero) is 1. The third-order valence-electron chi connectivity index (χ3n) is 4.67. The van der Waals surface area contributed by atoms with Gasteiger partial charge in [-0.1, -0.05) is 23.7 Å². The molecule has 1 aromatic carbocycles. The van der Waals surface area contributed by atoms with Gasteiger partial charge < -0.3 is 9.64 Å². The standard InChI is InChI=1S/C20H18ClN3O3S/c1-2-27-20(26)24-10-7-13-15(11-24)28-19-16(13)17(22-8-9-23-19)18(25)12-5-3-4-6-14(12)21/h3-6,9H,2,7-8,10-11H2,1H3. The molecule has 8 heteroatoms. The lowest BCUT2D eigenvalue weighted by Gasteiger charge is -2.26. The highest BCUT2D eigenvalue weighted by molar-refractivity contribution is 7.16. The summed E-state index contributed by atoms with van der Waals surface area (Å²) in [7, 11) is 0. The topological polar surface area (TPSA) is 71.3 Å². The van der Waals surface area contributed by atoms with E-state index in [9.17, 15) is 9.59 Å². The summed E-state index contributed by atoms with van der Waals surface area (Å²) >= 11 is 7.74. The zero-order chi connectivity index (χ0) is 19.7. The molecular weight excluding hydrogens is 398 g/mol. The Balaban J connectivity index is 1.72. The second-order valence-corrected chi connectivity index (χ2v) is 7.86. The number of halogens is 1. The molecule has 0 saturated carbocycles. The average Bonchev–Trinajstić information content (AvgIpc) is 2.92. The third kappa shape index (κ3) is 3.36. The zero-order valence-electron chi connectivity index (χ0n) is 15.3. The van der Waals surface area contributed by atoms with Gasteiger partial charge in [-0.2, -0.15) is 0 Å². The molecule has 0 N–H and O–H groups in total. The fraction of sp³-hybridized carbons (Fsp3) is 0.300. The van der Waals surface area contributed by atoms with Crippen LogP contribution in [0.1, 0.15) is 33.3 Å². The van der Waals surface area contributed by atoms with Gasteiger partial charge in [0.15, 0.2) is 0 Å². The Morgan fingerprint density at radius 2 is 2.14 bits per heavy atom. The second-order valence-electron chi connectivity index (χ2n) is 6.36. The summed E-state index contributed by atoms with van der Waals surface area (Å²) in [5, 5.41) is 1.16. The Labute approximate surface area is 171 Å². The summed E-state index contributed by atoms with van der Waals surface area (Å²) in [6.45, 7) is 3.47. The lowest BCUT2D eigenvalue weighted by Crippen LogP contribution is -2.36. The van der Waals surface area contributed by atoms with Crippen molar-refractivity contribution < 1.29 is 14.3 Å². The highest BCUT2D eigenvalue weighted by Crippen LogP contribution is 2.40. The van der Waals surface area contributed by atoms with Crippen LogP contribution in [-0.2, 0) is 17.7 Å². The van der Waals surface area contributed by atoms with E-state index < -0.39 is 0 Å². The molecule has 2 aliphatic rings. The molecule has 28 heavy (non-hydrogen) atoms. The van der Waals surface area contributed by atoms with Gasteiger partial charge in [0.05, 0.1) is 24.7 Å². The van der Waals surface area contributed by atoms with E-state index >= 15 is 0 Å². The molecule has 0 unspecified atom stereocenters. The minimum Gasteiger partial charge on any atom is -0.450 e. The van der Waals surface area contributed by atoms with Crippen molar-refractivity contribution >= 4 is 51.7 Å². The average molecular weight is 416 g/mol. The van der Waals surface area contributed by atoms with Crippen LogP contribution in [0.4, 0.5) is 9.80 Å². The van der Waals surface area contributed by atoms with Gasteiger partial charge in [-0.05, 0) is 31.0 Å². The first-order chi connectivity index (χ1) is 13.6. The number of thiophene rings is 1. The Hall–Kier alpha value is -2.51. The first-order valence-electron chi connectivity index (χ1n) is 9.03. The monoisotopic (exact) mass is 415 g/mol. The van der Waals surface area contributed by atoms with Crippen molar-refractivity contribution in [3.8, 4) is 0 Å². The fourth-order valence-electron chi connectivity index (χ4n) is 3.39. The predicted octanol–water partition coefficient (Wildman–Crippen LogP) is 4.30. The molecule has 0 bridgehead atoms. The van der Waals surface area contributed by atoms with Crippen LogP contribution >= 0.6 is 22.9 Å². The van der Waals surface area contributed by atoms with E-state index in [-0.39, 0.29) is 11.9 Å². The molecule has 144 valence electrons. The second kappa shape index (κ2) is 7.85. The lowest BCUT2D eigenvalue weighted by molar-refractivity contribution is 0.103. The molecule has 4 rings (SSSR count). The van der Waals surface area contributed by atoms with E-state index in [1.54, 1.807) is 42.3 Å². The van der Waals surface area contributed by atoms with Crippen LogP contribution in [0.2, 0.25) is 5.02 Å². The maximum Gasteiger partial charge on any atom is 0.410 e. The van der Waals surface area contributed by atoms with Crippen LogP contribution in [0.3, 0.4) is 0 Å². The van der Waals surface area contributed by atoms with Gasteiger partial charge in [0.2, 0.25) is 5.78 Å². The van der Waals surface area contributed by atoms with Gasteiger partial charge in [0.25, 0.3) is 0 Å². The van der Waals surface area contributed by atoms with Crippen molar-refractivity contribution in [3.63, 3.8) is 0 Å². The lowest BCUT2D eigenvalue weighted by atomic mass is 9.95. The van der Waals surface area contributed by atoms with Gasteiger partial charge in [-0.25, -0.2) is 9.79 Å². The van der Waals surface area contributed by atoms with E-state index in [1.165, 1.54) is 11.3 Å². The predicted molar refractivity (Wildman–Crippen MR) is 111 cm³/mol. The molecule has 0 spiro atoms. The first-order valence-corrected chi connectivity index (χ1v) is 10.2.